The monoisotopic (exact) mass is 304 g/mol. The highest BCUT2D eigenvalue weighted by atomic mass is 35.5. The summed E-state index contributed by atoms with van der Waals surface area (Å²) in [7, 11) is 1.70. The van der Waals surface area contributed by atoms with Crippen molar-refractivity contribution in [3.05, 3.63) is 53.6 Å². The summed E-state index contributed by atoms with van der Waals surface area (Å²) in [6.07, 6.45) is 2.24. The van der Waals surface area contributed by atoms with Gasteiger partial charge in [0.05, 0.1) is 7.11 Å². The Labute approximate surface area is 132 Å². The summed E-state index contributed by atoms with van der Waals surface area (Å²) >= 11 is 0. The summed E-state index contributed by atoms with van der Waals surface area (Å²) in [6.45, 7) is 1.97. The van der Waals surface area contributed by atoms with E-state index in [0.29, 0.717) is 0 Å². The van der Waals surface area contributed by atoms with Gasteiger partial charge in [-0.1, -0.05) is 18.2 Å². The molecule has 0 radical (unpaired) electrons. The molecule has 2 N–H and O–H groups in total. The third-order valence-corrected chi connectivity index (χ3v) is 3.89. The lowest BCUT2D eigenvalue weighted by atomic mass is 9.99. The number of benzene rings is 2. The van der Waals surface area contributed by atoms with E-state index >= 15 is 0 Å². The topological polar surface area (TPSA) is 38.5 Å². The van der Waals surface area contributed by atoms with Crippen molar-refractivity contribution in [3.63, 3.8) is 0 Å². The quantitative estimate of drug-likeness (QED) is 0.880. The van der Waals surface area contributed by atoms with Crippen LogP contribution in [0, 0.1) is 0 Å². The Bertz CT molecular complexity index is 615. The molecule has 0 spiro atoms. The van der Waals surface area contributed by atoms with Crippen LogP contribution in [0.15, 0.2) is 42.5 Å². The molecule has 0 saturated heterocycles. The van der Waals surface area contributed by atoms with Crippen LogP contribution in [0.3, 0.4) is 0 Å². The van der Waals surface area contributed by atoms with Crippen molar-refractivity contribution in [2.45, 2.75) is 19.4 Å². The molecule has 4 heteroatoms. The Balaban J connectivity index is 0.00000161. The largest absolute Gasteiger partial charge is 0.497 e. The van der Waals surface area contributed by atoms with Crippen LogP contribution in [0.25, 0.3) is 0 Å². The van der Waals surface area contributed by atoms with Crippen molar-refractivity contribution in [2.75, 3.05) is 24.3 Å². The summed E-state index contributed by atoms with van der Waals surface area (Å²) in [4.78, 5) is 2.41. The summed E-state index contributed by atoms with van der Waals surface area (Å²) in [6, 6.07) is 14.5. The normalized spacial score (nSPS) is 13.3. The predicted octanol–water partition coefficient (Wildman–Crippen LogP) is 3.65. The van der Waals surface area contributed by atoms with Crippen LogP contribution in [0.5, 0.6) is 5.75 Å². The van der Waals surface area contributed by atoms with Gasteiger partial charge in [0.25, 0.3) is 0 Å². The van der Waals surface area contributed by atoms with Crippen molar-refractivity contribution in [1.82, 2.24) is 0 Å². The van der Waals surface area contributed by atoms with Gasteiger partial charge in [0.2, 0.25) is 0 Å². The number of halogens is 1. The van der Waals surface area contributed by atoms with Crippen LogP contribution < -0.4 is 15.4 Å². The number of hydrogen-bond donors (Lipinski definition) is 1. The molecule has 2 aromatic rings. The average Bonchev–Trinajstić information content (AvgIpc) is 2.49. The van der Waals surface area contributed by atoms with E-state index in [1.807, 2.05) is 24.3 Å². The van der Waals surface area contributed by atoms with Crippen molar-refractivity contribution in [2.24, 2.45) is 0 Å². The molecule has 1 aliphatic heterocycles. The molecular formula is C17H21ClN2O. The fraction of sp³-hybridized carbons (Fsp3) is 0.294. The molecule has 0 fully saturated rings. The van der Waals surface area contributed by atoms with Gasteiger partial charge in [-0.15, -0.1) is 12.4 Å². The second kappa shape index (κ2) is 6.72. The minimum absolute atomic E-state index is 0. The fourth-order valence-corrected chi connectivity index (χ4v) is 2.88. The molecule has 112 valence electrons. The first-order valence-electron chi connectivity index (χ1n) is 7.03. The summed E-state index contributed by atoms with van der Waals surface area (Å²) in [5.74, 6) is 0.910. The number of rotatable bonds is 3. The van der Waals surface area contributed by atoms with E-state index in [1.165, 1.54) is 16.8 Å². The zero-order chi connectivity index (χ0) is 13.9. The fourth-order valence-electron chi connectivity index (χ4n) is 2.88. The summed E-state index contributed by atoms with van der Waals surface area (Å²) in [5, 5.41) is 0. The molecule has 2 aromatic carbocycles. The van der Waals surface area contributed by atoms with Crippen LogP contribution in [0.1, 0.15) is 17.5 Å². The van der Waals surface area contributed by atoms with E-state index in [9.17, 15) is 0 Å². The maximum atomic E-state index is 6.10. The Kier molecular flexibility index (Phi) is 4.97. The molecule has 0 aliphatic carbocycles. The second-order valence-electron chi connectivity index (χ2n) is 5.22. The van der Waals surface area contributed by atoms with Gasteiger partial charge < -0.3 is 15.4 Å². The van der Waals surface area contributed by atoms with Crippen molar-refractivity contribution < 1.29 is 4.74 Å². The molecule has 3 rings (SSSR count). The molecule has 0 atom stereocenters. The third kappa shape index (κ3) is 3.24. The Morgan fingerprint density at radius 3 is 2.81 bits per heavy atom. The predicted molar refractivity (Wildman–Crippen MR) is 90.5 cm³/mol. The van der Waals surface area contributed by atoms with Gasteiger partial charge in [-0.2, -0.15) is 0 Å². The Hall–Kier alpha value is -1.87. The maximum Gasteiger partial charge on any atom is 0.119 e. The smallest absolute Gasteiger partial charge is 0.119 e. The molecule has 0 amide bonds. The SMILES string of the molecule is COc1cccc(CN2CCCc3c(N)cccc32)c1.Cl. The first-order valence-corrected chi connectivity index (χ1v) is 7.03. The van der Waals surface area contributed by atoms with Crippen LogP contribution in [-0.4, -0.2) is 13.7 Å². The molecule has 0 bridgehead atoms. The highest BCUT2D eigenvalue weighted by molar-refractivity contribution is 5.85. The number of anilines is 2. The molecule has 1 aliphatic rings. The highest BCUT2D eigenvalue weighted by Crippen LogP contribution is 2.32. The van der Waals surface area contributed by atoms with E-state index in [1.54, 1.807) is 7.11 Å². The van der Waals surface area contributed by atoms with E-state index in [-0.39, 0.29) is 12.4 Å². The summed E-state index contributed by atoms with van der Waals surface area (Å²) in [5.41, 5.74) is 10.8. The number of nitrogens with two attached hydrogens (primary N) is 1. The van der Waals surface area contributed by atoms with E-state index in [4.69, 9.17) is 10.5 Å². The zero-order valence-electron chi connectivity index (χ0n) is 12.2. The van der Waals surface area contributed by atoms with Gasteiger partial charge >= 0.3 is 0 Å². The van der Waals surface area contributed by atoms with Crippen LogP contribution >= 0.6 is 12.4 Å². The van der Waals surface area contributed by atoms with Gasteiger partial charge in [0, 0.05) is 24.5 Å². The zero-order valence-corrected chi connectivity index (χ0v) is 13.0. The van der Waals surface area contributed by atoms with Crippen molar-refractivity contribution >= 4 is 23.8 Å². The van der Waals surface area contributed by atoms with E-state index < -0.39 is 0 Å². The first kappa shape index (κ1) is 15.5. The van der Waals surface area contributed by atoms with Crippen molar-refractivity contribution in [3.8, 4) is 5.75 Å². The molecule has 1 heterocycles. The van der Waals surface area contributed by atoms with Crippen molar-refractivity contribution in [1.29, 1.82) is 0 Å². The molecule has 0 unspecified atom stereocenters. The number of hydrogen-bond acceptors (Lipinski definition) is 3. The molecule has 0 saturated carbocycles. The number of fused-ring (bicyclic) bond motifs is 1. The minimum atomic E-state index is 0. The van der Waals surface area contributed by atoms with Gasteiger partial charge in [-0.25, -0.2) is 0 Å². The third-order valence-electron chi connectivity index (χ3n) is 3.89. The van der Waals surface area contributed by atoms with Gasteiger partial charge in [0.1, 0.15) is 5.75 Å². The van der Waals surface area contributed by atoms with Gasteiger partial charge in [-0.3, -0.25) is 0 Å². The Morgan fingerprint density at radius 1 is 1.19 bits per heavy atom. The minimum Gasteiger partial charge on any atom is -0.497 e. The number of nitrogens with zero attached hydrogens (tertiary/aromatic N) is 1. The van der Waals surface area contributed by atoms with Gasteiger partial charge in [0.15, 0.2) is 0 Å². The molecular weight excluding hydrogens is 284 g/mol. The average molecular weight is 305 g/mol. The standard InChI is InChI=1S/C17H20N2O.ClH/c1-20-14-6-2-5-13(11-14)12-19-10-4-7-15-16(18)8-3-9-17(15)19;/h2-3,5-6,8-9,11H,4,7,10,12,18H2,1H3;1H. The van der Waals surface area contributed by atoms with Crippen LogP contribution in [0.4, 0.5) is 11.4 Å². The van der Waals surface area contributed by atoms with E-state index in [2.05, 4.69) is 23.1 Å². The van der Waals surface area contributed by atoms with Gasteiger partial charge in [-0.05, 0) is 48.2 Å². The van der Waals surface area contributed by atoms with Crippen LogP contribution in [0.2, 0.25) is 0 Å². The second-order valence-corrected chi connectivity index (χ2v) is 5.22. The molecule has 0 aromatic heterocycles. The highest BCUT2D eigenvalue weighted by Gasteiger charge is 2.18. The van der Waals surface area contributed by atoms with Crippen LogP contribution in [-0.2, 0) is 13.0 Å². The number of nitrogen functional groups attached to an aromatic ring is 1. The molecule has 3 nitrogen and oxygen atoms in total. The lowest BCUT2D eigenvalue weighted by Crippen LogP contribution is -2.29. The number of methoxy groups -OCH3 is 1. The first-order chi connectivity index (χ1) is 9.78. The Morgan fingerprint density at radius 2 is 2.00 bits per heavy atom. The lowest BCUT2D eigenvalue weighted by molar-refractivity contribution is 0.414. The lowest BCUT2D eigenvalue weighted by Gasteiger charge is -2.32. The maximum absolute atomic E-state index is 6.10. The summed E-state index contributed by atoms with van der Waals surface area (Å²) < 4.78 is 5.29. The molecule has 21 heavy (non-hydrogen) atoms. The van der Waals surface area contributed by atoms with E-state index in [0.717, 1.165) is 37.4 Å². The number of ether oxygens (including phenoxy) is 1.